The summed E-state index contributed by atoms with van der Waals surface area (Å²) in [4.78, 5) is 151. The molecule has 8 amide bonds. The molecule has 0 saturated heterocycles. The van der Waals surface area contributed by atoms with Crippen LogP contribution >= 0.6 is 0 Å². The molecule has 26 nitrogen and oxygen atoms in total. The number of nitrogens with two attached hydrogens (primary N) is 2. The van der Waals surface area contributed by atoms with Crippen LogP contribution in [0.3, 0.4) is 0 Å². The summed E-state index contributed by atoms with van der Waals surface area (Å²) in [6, 6.07) is -12.4. The number of nitrogens with zero attached hydrogens (tertiary/aromatic N) is 1. The van der Waals surface area contributed by atoms with Crippen molar-refractivity contribution in [1.29, 1.82) is 0 Å². The normalized spacial score (nSPS) is 15.5. The number of nitrogens with one attached hydrogen (secondary N) is 9. The van der Waals surface area contributed by atoms with Crippen molar-refractivity contribution in [3.63, 3.8) is 0 Å². The van der Waals surface area contributed by atoms with Gasteiger partial charge in [0.05, 0.1) is 18.8 Å². The molecular weight excluding hydrogens is 945 g/mol. The van der Waals surface area contributed by atoms with Gasteiger partial charge < -0.3 is 74.3 Å². The average Bonchev–Trinajstić information content (AvgIpc) is 3.81. The van der Waals surface area contributed by atoms with Crippen LogP contribution in [0.1, 0.15) is 119 Å². The number of aliphatic carboxylic acids is 3. The Morgan fingerprint density at radius 3 is 1.61 bits per heavy atom. The van der Waals surface area contributed by atoms with Gasteiger partial charge in [-0.25, -0.2) is 9.78 Å². The first-order valence-corrected chi connectivity index (χ1v) is 24.2. The van der Waals surface area contributed by atoms with E-state index in [-0.39, 0.29) is 18.8 Å². The molecule has 10 atom stereocenters. The molecule has 0 aliphatic heterocycles. The van der Waals surface area contributed by atoms with Gasteiger partial charge >= 0.3 is 17.9 Å². The summed E-state index contributed by atoms with van der Waals surface area (Å²) in [5.41, 5.74) is 12.0. The highest BCUT2D eigenvalue weighted by Crippen LogP contribution is 2.13. The third-order valence-electron chi connectivity index (χ3n) is 11.6. The maximum absolute atomic E-state index is 13.9. The molecule has 0 saturated carbocycles. The Bertz CT molecular complexity index is 2000. The Labute approximate surface area is 419 Å². The second-order valence-electron chi connectivity index (χ2n) is 19.0. The van der Waals surface area contributed by atoms with Gasteiger partial charge in [0.2, 0.25) is 47.3 Å². The number of carbonyl (C=O) groups excluding carboxylic acids is 8. The maximum atomic E-state index is 13.9. The van der Waals surface area contributed by atoms with E-state index in [1.807, 2.05) is 13.8 Å². The van der Waals surface area contributed by atoms with Crippen LogP contribution in [0, 0.1) is 23.7 Å². The summed E-state index contributed by atoms with van der Waals surface area (Å²) in [5.74, 6) is -13.3. The topological polar surface area (TPSA) is 425 Å². The number of carbonyl (C=O) groups is 11. The van der Waals surface area contributed by atoms with Gasteiger partial charge in [0.1, 0.15) is 48.3 Å². The third kappa shape index (κ3) is 22.6. The Morgan fingerprint density at radius 1 is 0.583 bits per heavy atom. The molecular formula is C46H78N12O14. The zero-order valence-electron chi connectivity index (χ0n) is 42.7. The number of amides is 8. The highest BCUT2D eigenvalue weighted by molar-refractivity contribution is 5.99. The molecule has 0 aliphatic carbocycles. The lowest BCUT2D eigenvalue weighted by molar-refractivity contribution is -0.144. The van der Waals surface area contributed by atoms with Gasteiger partial charge in [-0.2, -0.15) is 0 Å². The number of rotatable bonds is 34. The first-order chi connectivity index (χ1) is 33.6. The highest BCUT2D eigenvalue weighted by atomic mass is 16.4. The Morgan fingerprint density at radius 2 is 1.10 bits per heavy atom. The van der Waals surface area contributed by atoms with Gasteiger partial charge in [0, 0.05) is 24.7 Å². The lowest BCUT2D eigenvalue weighted by atomic mass is 9.96. The fourth-order valence-electron chi connectivity index (χ4n) is 7.08. The standard InChI is InChI=1S/C46H78N12O14/c1-10-25(8)37(45(70)56-35(23(4)5)44(69)52-29(14-15-33(59)60)40(65)57-36(24(6)7)46(71)72)58-38(63)26(9)51-41(66)32(19-34(61)62)55-43(68)31(18-27-20-49-21-50-27)54-42(67)30(17-22(2)3)53-39(64)28(48)13-11-12-16-47/h20-26,28-32,35-37H,10-19,47-48H2,1-9H3,(H,49,50)(H,51,66)(H,52,69)(H,53,64)(H,54,67)(H,55,68)(H,56,70)(H,57,65)(H,58,63)(H,59,60)(H,61,62)(H,71,72)/t25-,26-,28-,29-,30-,31-,32-,35-,36-,37-/m0/s1. The van der Waals surface area contributed by atoms with Gasteiger partial charge in [0.15, 0.2) is 0 Å². The number of carboxylic acid groups (broad SMARTS) is 3. The van der Waals surface area contributed by atoms with Gasteiger partial charge in [-0.1, -0.05) is 68.2 Å². The van der Waals surface area contributed by atoms with E-state index >= 15 is 0 Å². The minimum atomic E-state index is -1.81. The maximum Gasteiger partial charge on any atom is 0.326 e. The smallest absolute Gasteiger partial charge is 0.326 e. The minimum absolute atomic E-state index is 0.111. The Kier molecular flexibility index (Phi) is 27.8. The van der Waals surface area contributed by atoms with Gasteiger partial charge in [-0.3, -0.25) is 47.9 Å². The van der Waals surface area contributed by atoms with Crippen molar-refractivity contribution >= 4 is 65.2 Å². The van der Waals surface area contributed by atoms with Crippen molar-refractivity contribution in [1.82, 2.24) is 52.5 Å². The number of hydrogen-bond donors (Lipinski definition) is 14. The quantitative estimate of drug-likeness (QED) is 0.0337. The summed E-state index contributed by atoms with van der Waals surface area (Å²) in [7, 11) is 0. The van der Waals surface area contributed by atoms with Crippen LogP contribution in [-0.4, -0.2) is 151 Å². The van der Waals surface area contributed by atoms with Crippen LogP contribution in [0.25, 0.3) is 0 Å². The molecule has 16 N–H and O–H groups in total. The van der Waals surface area contributed by atoms with E-state index in [1.54, 1.807) is 27.7 Å². The van der Waals surface area contributed by atoms with Crippen molar-refractivity contribution in [3.8, 4) is 0 Å². The number of imidazole rings is 1. The monoisotopic (exact) mass is 1020 g/mol. The van der Waals surface area contributed by atoms with E-state index in [0.29, 0.717) is 37.9 Å². The molecule has 1 rings (SSSR count). The second-order valence-corrected chi connectivity index (χ2v) is 19.0. The first-order valence-electron chi connectivity index (χ1n) is 24.2. The van der Waals surface area contributed by atoms with Crippen LogP contribution < -0.4 is 54.0 Å². The molecule has 26 heteroatoms. The lowest BCUT2D eigenvalue weighted by Gasteiger charge is -2.30. The molecule has 0 fully saturated rings. The molecule has 72 heavy (non-hydrogen) atoms. The van der Waals surface area contributed by atoms with Crippen LogP contribution in [0.4, 0.5) is 0 Å². The van der Waals surface area contributed by atoms with E-state index in [2.05, 4.69) is 52.5 Å². The average molecular weight is 1020 g/mol. The summed E-state index contributed by atoms with van der Waals surface area (Å²) in [6.07, 6.45) is 2.50. The fraction of sp³-hybridized carbons (Fsp3) is 0.696. The van der Waals surface area contributed by atoms with Crippen molar-refractivity contribution in [2.24, 2.45) is 35.1 Å². The fourth-order valence-corrected chi connectivity index (χ4v) is 7.08. The molecule has 0 aromatic carbocycles. The summed E-state index contributed by atoms with van der Waals surface area (Å²) >= 11 is 0. The third-order valence-corrected chi connectivity index (χ3v) is 11.6. The SMILES string of the molecule is CC[C@H](C)[C@H](NC(=O)[C@H](C)NC(=O)[C@H](CC(=O)O)NC(=O)[C@H](Cc1cnc[nH]1)NC(=O)[C@H](CC(C)C)NC(=O)[C@@H](N)CCCCN)C(=O)N[C@H](C(=O)N[C@@H](CCC(=O)O)C(=O)N[C@H](C(=O)O)C(C)C)C(C)C. The number of hydrogen-bond acceptors (Lipinski definition) is 14. The number of aromatic amines is 1. The largest absolute Gasteiger partial charge is 0.481 e. The summed E-state index contributed by atoms with van der Waals surface area (Å²) in [6.45, 7) is 14.8. The predicted octanol–water partition coefficient (Wildman–Crippen LogP) is -1.86. The van der Waals surface area contributed by atoms with Crippen LogP contribution in [0.2, 0.25) is 0 Å². The van der Waals surface area contributed by atoms with Gasteiger partial charge in [0.25, 0.3) is 0 Å². The number of H-pyrrole nitrogens is 1. The zero-order chi connectivity index (χ0) is 55.0. The molecule has 0 aliphatic rings. The highest BCUT2D eigenvalue weighted by Gasteiger charge is 2.37. The van der Waals surface area contributed by atoms with Crippen molar-refractivity contribution in [2.45, 2.75) is 174 Å². The zero-order valence-corrected chi connectivity index (χ0v) is 42.7. The minimum Gasteiger partial charge on any atom is -0.481 e. The molecule has 0 unspecified atom stereocenters. The van der Waals surface area contributed by atoms with Gasteiger partial charge in [-0.05, 0) is 62.8 Å². The van der Waals surface area contributed by atoms with Crippen LogP contribution in [0.5, 0.6) is 0 Å². The first kappa shape index (κ1) is 63.3. The van der Waals surface area contributed by atoms with Crippen molar-refractivity contribution < 1.29 is 68.1 Å². The Hall–Kier alpha value is -6.70. The second kappa shape index (κ2) is 31.6. The molecule has 1 aromatic heterocycles. The summed E-state index contributed by atoms with van der Waals surface area (Å²) < 4.78 is 0. The number of unbranched alkanes of at least 4 members (excludes halogenated alkanes) is 1. The molecule has 1 aromatic rings. The molecule has 0 bridgehead atoms. The van der Waals surface area contributed by atoms with E-state index in [1.165, 1.54) is 33.3 Å². The van der Waals surface area contributed by atoms with E-state index in [0.717, 1.165) is 0 Å². The van der Waals surface area contributed by atoms with Crippen molar-refractivity contribution in [3.05, 3.63) is 18.2 Å². The van der Waals surface area contributed by atoms with Crippen LogP contribution in [-0.2, 0) is 59.2 Å². The number of aromatic nitrogens is 2. The van der Waals surface area contributed by atoms with Gasteiger partial charge in [-0.15, -0.1) is 0 Å². The Balaban J connectivity index is 3.33. The van der Waals surface area contributed by atoms with Crippen LogP contribution in [0.15, 0.2) is 12.5 Å². The van der Waals surface area contributed by atoms with E-state index in [4.69, 9.17) is 11.5 Å². The molecule has 1 heterocycles. The lowest BCUT2D eigenvalue weighted by Crippen LogP contribution is -2.61. The summed E-state index contributed by atoms with van der Waals surface area (Å²) in [5, 5.41) is 48.4. The predicted molar refractivity (Wildman–Crippen MR) is 260 cm³/mol. The molecule has 406 valence electrons. The molecule has 0 spiro atoms. The van der Waals surface area contributed by atoms with E-state index in [9.17, 15) is 68.1 Å². The molecule has 0 radical (unpaired) electrons. The van der Waals surface area contributed by atoms with E-state index < -0.39 is 157 Å². The number of carboxylic acids is 3. The van der Waals surface area contributed by atoms with Crippen molar-refractivity contribution in [2.75, 3.05) is 6.54 Å².